The number of carboxylic acids is 1. The summed E-state index contributed by atoms with van der Waals surface area (Å²) in [5, 5.41) is 14.0. The monoisotopic (exact) mass is 224 g/mol. The molecule has 0 spiro atoms. The van der Waals surface area contributed by atoms with Gasteiger partial charge < -0.3 is 21.5 Å². The third-order valence-corrected chi connectivity index (χ3v) is 1.74. The first-order valence-electron chi connectivity index (χ1n) is 4.56. The van der Waals surface area contributed by atoms with Crippen LogP contribution >= 0.6 is 0 Å². The first-order chi connectivity index (χ1) is 7.59. The number of amides is 2. The summed E-state index contributed by atoms with van der Waals surface area (Å²) < 4.78 is 0. The van der Waals surface area contributed by atoms with Crippen LogP contribution in [0.5, 0.6) is 0 Å². The molecule has 0 aliphatic carbocycles. The van der Waals surface area contributed by atoms with Gasteiger partial charge >= 0.3 is 12.0 Å². The average molecular weight is 224 g/mol. The molecule has 0 fully saturated rings. The van der Waals surface area contributed by atoms with Crippen molar-refractivity contribution in [2.75, 3.05) is 18.4 Å². The highest BCUT2D eigenvalue weighted by Crippen LogP contribution is 2.05. The Labute approximate surface area is 91.7 Å². The number of hydrogen-bond donors (Lipinski definition) is 4. The quantitative estimate of drug-likeness (QED) is 0.519. The van der Waals surface area contributed by atoms with Crippen LogP contribution in [-0.4, -0.2) is 35.2 Å². The van der Waals surface area contributed by atoms with Gasteiger partial charge in [-0.25, -0.2) is 14.6 Å². The Morgan fingerprint density at radius 2 is 2.12 bits per heavy atom. The highest BCUT2D eigenvalue weighted by molar-refractivity contribution is 5.85. The minimum atomic E-state index is -1.07. The molecule has 0 radical (unpaired) electrons. The summed E-state index contributed by atoms with van der Waals surface area (Å²) in [6.07, 6.45) is 1.41. The van der Waals surface area contributed by atoms with Crippen molar-refractivity contribution in [3.05, 3.63) is 24.0 Å². The number of urea groups is 1. The lowest BCUT2D eigenvalue weighted by Crippen LogP contribution is -2.33. The molecule has 16 heavy (non-hydrogen) atoms. The minimum Gasteiger partial charge on any atom is -0.477 e. The second-order valence-electron chi connectivity index (χ2n) is 2.96. The maximum absolute atomic E-state index is 10.5. The van der Waals surface area contributed by atoms with Crippen LogP contribution in [0, 0.1) is 0 Å². The van der Waals surface area contributed by atoms with E-state index in [0.29, 0.717) is 18.8 Å². The van der Waals surface area contributed by atoms with Crippen molar-refractivity contribution in [3.63, 3.8) is 0 Å². The third-order valence-electron chi connectivity index (χ3n) is 1.74. The van der Waals surface area contributed by atoms with E-state index in [1.807, 2.05) is 0 Å². The van der Waals surface area contributed by atoms with Gasteiger partial charge in [0.05, 0.1) is 11.9 Å². The molecule has 1 aromatic rings. The van der Waals surface area contributed by atoms with Crippen molar-refractivity contribution in [2.45, 2.75) is 0 Å². The Hall–Kier alpha value is -2.31. The van der Waals surface area contributed by atoms with Gasteiger partial charge in [0, 0.05) is 13.1 Å². The van der Waals surface area contributed by atoms with Gasteiger partial charge in [-0.05, 0) is 12.1 Å². The standard InChI is InChI=1S/C9H12N4O3/c10-9(16)12-4-3-11-6-1-2-7(8(14)15)13-5-6/h1-2,5,11H,3-4H2,(H,14,15)(H3,10,12,16). The fourth-order valence-electron chi connectivity index (χ4n) is 1.02. The lowest BCUT2D eigenvalue weighted by Gasteiger charge is -2.06. The summed E-state index contributed by atoms with van der Waals surface area (Å²) in [4.78, 5) is 24.6. The van der Waals surface area contributed by atoms with Gasteiger partial charge in [0.25, 0.3) is 0 Å². The molecule has 2 amide bonds. The zero-order valence-corrected chi connectivity index (χ0v) is 8.43. The molecule has 1 heterocycles. The Balaban J connectivity index is 2.38. The predicted molar refractivity (Wildman–Crippen MR) is 57.3 cm³/mol. The highest BCUT2D eigenvalue weighted by atomic mass is 16.4. The molecule has 0 bridgehead atoms. The normalized spacial score (nSPS) is 9.50. The number of aromatic nitrogens is 1. The second kappa shape index (κ2) is 5.54. The largest absolute Gasteiger partial charge is 0.477 e. The van der Waals surface area contributed by atoms with E-state index < -0.39 is 12.0 Å². The predicted octanol–water partition coefficient (Wildman–Crippen LogP) is -0.140. The van der Waals surface area contributed by atoms with E-state index in [9.17, 15) is 9.59 Å². The molecule has 1 aromatic heterocycles. The number of primary amides is 1. The van der Waals surface area contributed by atoms with Gasteiger partial charge in [0.2, 0.25) is 0 Å². The van der Waals surface area contributed by atoms with E-state index in [0.717, 1.165) is 0 Å². The molecule has 7 heteroatoms. The van der Waals surface area contributed by atoms with Gasteiger partial charge in [0.15, 0.2) is 0 Å². The van der Waals surface area contributed by atoms with Crippen molar-refractivity contribution in [1.82, 2.24) is 10.3 Å². The molecule has 0 aliphatic heterocycles. The number of pyridine rings is 1. The smallest absolute Gasteiger partial charge is 0.354 e. The molecule has 0 aliphatic rings. The topological polar surface area (TPSA) is 117 Å². The van der Waals surface area contributed by atoms with Crippen LogP contribution in [0.15, 0.2) is 18.3 Å². The van der Waals surface area contributed by atoms with Crippen molar-refractivity contribution in [2.24, 2.45) is 5.73 Å². The van der Waals surface area contributed by atoms with E-state index in [2.05, 4.69) is 15.6 Å². The Kier molecular flexibility index (Phi) is 4.07. The number of anilines is 1. The van der Waals surface area contributed by atoms with Crippen molar-refractivity contribution < 1.29 is 14.7 Å². The number of nitrogens with two attached hydrogens (primary N) is 1. The van der Waals surface area contributed by atoms with Crippen LogP contribution in [0.2, 0.25) is 0 Å². The number of carboxylic acid groups (broad SMARTS) is 1. The molecule has 86 valence electrons. The number of hydrogen-bond acceptors (Lipinski definition) is 4. The zero-order chi connectivity index (χ0) is 12.0. The van der Waals surface area contributed by atoms with Gasteiger partial charge in [-0.15, -0.1) is 0 Å². The van der Waals surface area contributed by atoms with E-state index in [1.165, 1.54) is 12.3 Å². The summed E-state index contributed by atoms with van der Waals surface area (Å²) in [7, 11) is 0. The number of carbonyl (C=O) groups excluding carboxylic acids is 1. The van der Waals surface area contributed by atoms with Crippen LogP contribution in [0.1, 0.15) is 10.5 Å². The molecule has 1 rings (SSSR count). The third kappa shape index (κ3) is 3.82. The van der Waals surface area contributed by atoms with E-state index in [4.69, 9.17) is 10.8 Å². The number of rotatable bonds is 5. The molecular weight excluding hydrogens is 212 g/mol. The van der Waals surface area contributed by atoms with Gasteiger partial charge in [-0.3, -0.25) is 0 Å². The zero-order valence-electron chi connectivity index (χ0n) is 8.43. The fraction of sp³-hybridized carbons (Fsp3) is 0.222. The summed E-state index contributed by atoms with van der Waals surface area (Å²) in [6, 6.07) is 2.41. The first-order valence-corrected chi connectivity index (χ1v) is 4.56. The summed E-state index contributed by atoms with van der Waals surface area (Å²) in [5.41, 5.74) is 5.53. The molecular formula is C9H12N4O3. The van der Waals surface area contributed by atoms with E-state index in [-0.39, 0.29) is 5.69 Å². The molecule has 0 saturated carbocycles. The molecule has 0 saturated heterocycles. The fourth-order valence-corrected chi connectivity index (χ4v) is 1.02. The van der Waals surface area contributed by atoms with Crippen LogP contribution in [0.4, 0.5) is 10.5 Å². The summed E-state index contributed by atoms with van der Waals surface area (Å²) in [6.45, 7) is 0.868. The maximum atomic E-state index is 10.5. The maximum Gasteiger partial charge on any atom is 0.354 e. The molecule has 0 unspecified atom stereocenters. The van der Waals surface area contributed by atoms with Gasteiger partial charge in [-0.1, -0.05) is 0 Å². The Morgan fingerprint density at radius 3 is 2.62 bits per heavy atom. The van der Waals surface area contributed by atoms with Crippen LogP contribution in [0.25, 0.3) is 0 Å². The minimum absolute atomic E-state index is 0.0131. The molecule has 7 nitrogen and oxygen atoms in total. The SMILES string of the molecule is NC(=O)NCCNc1ccc(C(=O)O)nc1. The summed E-state index contributed by atoms with van der Waals surface area (Å²) >= 11 is 0. The van der Waals surface area contributed by atoms with E-state index in [1.54, 1.807) is 6.07 Å². The van der Waals surface area contributed by atoms with E-state index >= 15 is 0 Å². The summed E-state index contributed by atoms with van der Waals surface area (Å²) in [5.74, 6) is -1.07. The molecule has 5 N–H and O–H groups in total. The number of carbonyl (C=O) groups is 2. The highest BCUT2D eigenvalue weighted by Gasteiger charge is 2.02. The van der Waals surface area contributed by atoms with Crippen molar-refractivity contribution >= 4 is 17.7 Å². The molecule has 0 atom stereocenters. The number of nitrogens with zero attached hydrogens (tertiary/aromatic N) is 1. The van der Waals surface area contributed by atoms with Crippen molar-refractivity contribution in [3.8, 4) is 0 Å². The van der Waals surface area contributed by atoms with Crippen LogP contribution in [-0.2, 0) is 0 Å². The Morgan fingerprint density at radius 1 is 1.38 bits per heavy atom. The number of nitrogens with one attached hydrogen (secondary N) is 2. The Bertz CT molecular complexity index is 377. The van der Waals surface area contributed by atoms with Crippen LogP contribution < -0.4 is 16.4 Å². The second-order valence-corrected chi connectivity index (χ2v) is 2.96. The lowest BCUT2D eigenvalue weighted by atomic mass is 10.3. The number of aromatic carboxylic acids is 1. The lowest BCUT2D eigenvalue weighted by molar-refractivity contribution is 0.0690. The molecule has 0 aromatic carbocycles. The van der Waals surface area contributed by atoms with Gasteiger partial charge in [0.1, 0.15) is 5.69 Å². The van der Waals surface area contributed by atoms with Crippen molar-refractivity contribution in [1.29, 1.82) is 0 Å². The van der Waals surface area contributed by atoms with Crippen LogP contribution in [0.3, 0.4) is 0 Å². The average Bonchev–Trinajstić information content (AvgIpc) is 2.25. The first kappa shape index (κ1) is 11.8. The van der Waals surface area contributed by atoms with Gasteiger partial charge in [-0.2, -0.15) is 0 Å².